The fourth-order valence-corrected chi connectivity index (χ4v) is 6.33. The zero-order valence-electron chi connectivity index (χ0n) is 22.8. The molecule has 0 spiro atoms. The summed E-state index contributed by atoms with van der Waals surface area (Å²) in [6.45, 7) is 3.89. The fraction of sp³-hybridized carbons (Fsp3) is 0.345. The normalized spacial score (nSPS) is 17.9. The molecule has 0 bridgehead atoms. The third kappa shape index (κ3) is 6.79. The van der Waals surface area contributed by atoms with E-state index in [0.717, 1.165) is 42.5 Å². The number of carboxylic acids is 2. The molecule has 5 rings (SSSR count). The van der Waals surface area contributed by atoms with Crippen LogP contribution in [0, 0.1) is 0 Å². The summed E-state index contributed by atoms with van der Waals surface area (Å²) in [6, 6.07) is 15.7. The molecule has 218 valence electrons. The summed E-state index contributed by atoms with van der Waals surface area (Å²) < 4.78 is 12.6. The highest BCUT2D eigenvalue weighted by Crippen LogP contribution is 2.43. The number of aliphatic hydroxyl groups is 1. The number of nitrogens with zero attached hydrogens (tertiary/aromatic N) is 1. The lowest BCUT2D eigenvalue weighted by atomic mass is 9.86. The molecule has 1 saturated heterocycles. The number of fused-ring (bicyclic) bond motifs is 2. The Kier molecular flexibility index (Phi) is 9.16. The van der Waals surface area contributed by atoms with E-state index in [2.05, 4.69) is 35.0 Å². The number of hydrogen-bond donors (Lipinski definition) is 5. The van der Waals surface area contributed by atoms with Gasteiger partial charge in [0.2, 0.25) is 0 Å². The molecule has 4 aromatic rings. The van der Waals surface area contributed by atoms with Gasteiger partial charge in [-0.2, -0.15) is 0 Å². The van der Waals surface area contributed by atoms with Crippen LogP contribution in [0.25, 0.3) is 21.0 Å². The second-order valence-electron chi connectivity index (χ2n) is 10.0. The van der Waals surface area contributed by atoms with Gasteiger partial charge < -0.3 is 35.5 Å². The number of primary amides is 1. The lowest BCUT2D eigenvalue weighted by Crippen LogP contribution is -2.50. The summed E-state index contributed by atoms with van der Waals surface area (Å²) in [5.74, 6) is -2.68. The van der Waals surface area contributed by atoms with Crippen LogP contribution in [-0.4, -0.2) is 76.0 Å². The number of carboxylic acid groups (broad SMARTS) is 2. The summed E-state index contributed by atoms with van der Waals surface area (Å²) in [5.41, 5.74) is 6.37. The predicted octanol–water partition coefficient (Wildman–Crippen LogP) is 3.79. The number of aromatic amines is 1. The third-order valence-corrected chi connectivity index (χ3v) is 8.58. The molecule has 1 aliphatic rings. The first-order valence-corrected chi connectivity index (χ1v) is 13.8. The van der Waals surface area contributed by atoms with Gasteiger partial charge in [-0.25, -0.2) is 9.59 Å². The molecule has 0 aliphatic carbocycles. The summed E-state index contributed by atoms with van der Waals surface area (Å²) in [5, 5.41) is 27.7. The van der Waals surface area contributed by atoms with Gasteiger partial charge in [0.15, 0.2) is 0 Å². The molecule has 3 heterocycles. The molecule has 2 atom stereocenters. The van der Waals surface area contributed by atoms with E-state index in [1.807, 2.05) is 24.3 Å². The van der Waals surface area contributed by atoms with Crippen molar-refractivity contribution in [2.24, 2.45) is 5.73 Å². The molecule has 1 fully saturated rings. The van der Waals surface area contributed by atoms with Gasteiger partial charge >= 0.3 is 11.9 Å². The van der Waals surface area contributed by atoms with Gasteiger partial charge in [-0.05, 0) is 80.6 Å². The van der Waals surface area contributed by atoms with Crippen molar-refractivity contribution in [3.8, 4) is 11.5 Å². The number of benzene rings is 2. The van der Waals surface area contributed by atoms with Crippen LogP contribution in [0.15, 0.2) is 48.5 Å². The molecular formula is C29H33N3O8S. The van der Waals surface area contributed by atoms with Gasteiger partial charge in [0.25, 0.3) is 5.91 Å². The van der Waals surface area contributed by atoms with Crippen LogP contribution in [0.1, 0.15) is 41.6 Å². The predicted molar refractivity (Wildman–Crippen MR) is 155 cm³/mol. The highest BCUT2D eigenvalue weighted by atomic mass is 32.1. The number of likely N-dealkylation sites (tertiary alicyclic amines) is 1. The standard InChI is InChI=1S/C27H31N3O4S.C2H2O4/c1-27(25-12-17-8-9-19(33-2)13-24(17)35-25)10-3-4-11-30(27)15-18(31)16-34-23-7-5-6-21-20(23)14-22(29-21)26(28)32;3-1(4)2(5)6/h5-9,12-14,18,29,31H,3-4,10-11,15-16H2,1-2H3,(H2,28,32);(H,3,4)(H,5,6)/t18-,27-;/m0./s1. The second-order valence-corrected chi connectivity index (χ2v) is 11.1. The maximum Gasteiger partial charge on any atom is 0.414 e. The zero-order chi connectivity index (χ0) is 29.7. The van der Waals surface area contributed by atoms with E-state index < -0.39 is 23.9 Å². The lowest BCUT2D eigenvalue weighted by molar-refractivity contribution is -0.159. The first kappa shape index (κ1) is 29.8. The average molecular weight is 584 g/mol. The van der Waals surface area contributed by atoms with Crippen LogP contribution in [-0.2, 0) is 15.1 Å². The number of carbonyl (C=O) groups excluding carboxylic acids is 1. The van der Waals surface area contributed by atoms with Gasteiger partial charge in [-0.15, -0.1) is 11.3 Å². The smallest absolute Gasteiger partial charge is 0.414 e. The Morgan fingerprint density at radius 2 is 1.88 bits per heavy atom. The quantitative estimate of drug-likeness (QED) is 0.193. The SMILES string of the molecule is COc1ccc2cc([C@]3(C)CCCCN3C[C@H](O)COc3cccc4[nH]c(C(N)=O)cc34)sc2c1.O=C(O)C(=O)O. The zero-order valence-corrected chi connectivity index (χ0v) is 23.6. The number of methoxy groups -OCH3 is 1. The molecule has 2 aromatic heterocycles. The highest BCUT2D eigenvalue weighted by Gasteiger charge is 2.38. The summed E-state index contributed by atoms with van der Waals surface area (Å²) in [4.78, 5) is 36.4. The van der Waals surface area contributed by atoms with Gasteiger partial charge in [0.05, 0.1) is 12.6 Å². The topological polar surface area (TPSA) is 175 Å². The van der Waals surface area contributed by atoms with Gasteiger partial charge in [-0.1, -0.05) is 6.07 Å². The number of amides is 1. The molecular weight excluding hydrogens is 550 g/mol. The van der Waals surface area contributed by atoms with E-state index in [4.69, 9.17) is 35.0 Å². The van der Waals surface area contributed by atoms with Crippen molar-refractivity contribution >= 4 is 50.2 Å². The van der Waals surface area contributed by atoms with E-state index in [1.54, 1.807) is 24.5 Å². The van der Waals surface area contributed by atoms with Gasteiger partial charge in [-0.3, -0.25) is 9.69 Å². The van der Waals surface area contributed by atoms with E-state index in [0.29, 0.717) is 18.0 Å². The van der Waals surface area contributed by atoms with E-state index in [9.17, 15) is 9.90 Å². The average Bonchev–Trinajstić information content (AvgIpc) is 3.58. The number of β-amino-alcohol motifs (C(OH)–C–C–N with tert-alkyl or cyclic N) is 1. The Bertz CT molecular complexity index is 1550. The summed E-state index contributed by atoms with van der Waals surface area (Å²) in [6.07, 6.45) is 2.66. The molecule has 41 heavy (non-hydrogen) atoms. The number of ether oxygens (including phenoxy) is 2. The minimum atomic E-state index is -1.82. The third-order valence-electron chi connectivity index (χ3n) is 7.23. The largest absolute Gasteiger partial charge is 0.497 e. The van der Waals surface area contributed by atoms with Gasteiger partial charge in [0.1, 0.15) is 29.9 Å². The number of aromatic nitrogens is 1. The fourth-order valence-electron chi connectivity index (χ4n) is 5.03. The number of aliphatic hydroxyl groups excluding tert-OH is 1. The number of hydrogen-bond acceptors (Lipinski definition) is 8. The van der Waals surface area contributed by atoms with Crippen molar-refractivity contribution in [1.82, 2.24) is 9.88 Å². The Balaban J connectivity index is 0.000000585. The number of thiophene rings is 1. The Morgan fingerprint density at radius 3 is 2.56 bits per heavy atom. The number of aliphatic carboxylic acids is 2. The maximum absolute atomic E-state index is 11.5. The van der Waals surface area contributed by atoms with Crippen molar-refractivity contribution in [1.29, 1.82) is 0 Å². The van der Waals surface area contributed by atoms with Crippen LogP contribution in [0.3, 0.4) is 0 Å². The number of H-pyrrole nitrogens is 1. The van der Waals surface area contributed by atoms with E-state index >= 15 is 0 Å². The number of nitrogens with two attached hydrogens (primary N) is 1. The first-order chi connectivity index (χ1) is 19.5. The monoisotopic (exact) mass is 583 g/mol. The molecule has 1 amide bonds. The molecule has 11 nitrogen and oxygen atoms in total. The van der Waals surface area contributed by atoms with Crippen molar-refractivity contribution in [3.63, 3.8) is 0 Å². The van der Waals surface area contributed by atoms with Crippen LogP contribution in [0.4, 0.5) is 0 Å². The van der Waals surface area contributed by atoms with Crippen molar-refractivity contribution in [2.45, 2.75) is 37.8 Å². The van der Waals surface area contributed by atoms with Crippen molar-refractivity contribution < 1.29 is 39.2 Å². The molecule has 1 aliphatic heterocycles. The first-order valence-electron chi connectivity index (χ1n) is 13.0. The number of rotatable bonds is 8. The van der Waals surface area contributed by atoms with Crippen molar-refractivity contribution in [3.05, 3.63) is 59.1 Å². The molecule has 12 heteroatoms. The number of nitrogens with one attached hydrogen (secondary N) is 1. The Hall–Kier alpha value is -4.13. The minimum Gasteiger partial charge on any atom is -0.497 e. The minimum absolute atomic E-state index is 0.146. The Morgan fingerprint density at radius 1 is 1.12 bits per heavy atom. The van der Waals surface area contributed by atoms with Crippen LogP contribution in [0.5, 0.6) is 11.5 Å². The van der Waals surface area contributed by atoms with Crippen molar-refractivity contribution in [2.75, 3.05) is 26.8 Å². The van der Waals surface area contributed by atoms with E-state index in [-0.39, 0.29) is 12.1 Å². The van der Waals surface area contributed by atoms with Crippen LogP contribution in [0.2, 0.25) is 0 Å². The highest BCUT2D eigenvalue weighted by molar-refractivity contribution is 7.19. The Labute approximate surface area is 240 Å². The molecule has 0 radical (unpaired) electrons. The summed E-state index contributed by atoms with van der Waals surface area (Å²) >= 11 is 1.80. The lowest BCUT2D eigenvalue weighted by Gasteiger charge is -2.45. The molecule has 6 N–H and O–H groups in total. The van der Waals surface area contributed by atoms with Crippen LogP contribution < -0.4 is 15.2 Å². The second kappa shape index (κ2) is 12.6. The molecule has 0 unspecified atom stereocenters. The molecule has 0 saturated carbocycles. The summed E-state index contributed by atoms with van der Waals surface area (Å²) in [7, 11) is 1.69. The molecule has 2 aromatic carbocycles. The number of piperidine rings is 1. The van der Waals surface area contributed by atoms with E-state index in [1.165, 1.54) is 15.0 Å². The maximum atomic E-state index is 11.5. The van der Waals surface area contributed by atoms with Gasteiger partial charge in [0, 0.05) is 27.0 Å². The van der Waals surface area contributed by atoms with Crippen LogP contribution >= 0.6 is 11.3 Å². The number of carbonyl (C=O) groups is 3.